The molecular weight excluding hydrogens is 194 g/mol. The first-order valence-corrected chi connectivity index (χ1v) is 5.47. The van der Waals surface area contributed by atoms with Gasteiger partial charge in [-0.3, -0.25) is 0 Å². The molecule has 0 saturated carbocycles. The lowest BCUT2D eigenvalue weighted by Gasteiger charge is -2.01. The number of aromatic nitrogens is 1. The van der Waals surface area contributed by atoms with Gasteiger partial charge in [0, 0.05) is 18.0 Å². The van der Waals surface area contributed by atoms with Crippen LogP contribution in [0.4, 0.5) is 0 Å². The fourth-order valence-corrected chi connectivity index (χ4v) is 2.03. The third kappa shape index (κ3) is 1.41. The predicted octanol–water partition coefficient (Wildman–Crippen LogP) is 3.91. The van der Waals surface area contributed by atoms with Crippen LogP contribution in [0, 0.1) is 6.92 Å². The topological polar surface area (TPSA) is 4.41 Å². The van der Waals surface area contributed by atoms with E-state index in [9.17, 15) is 0 Å². The summed E-state index contributed by atoms with van der Waals surface area (Å²) in [6.07, 6.45) is 4.18. The van der Waals surface area contributed by atoms with Gasteiger partial charge in [-0.1, -0.05) is 35.9 Å². The van der Waals surface area contributed by atoms with Crippen LogP contribution in [0.3, 0.4) is 0 Å². The van der Waals surface area contributed by atoms with E-state index in [1.54, 1.807) is 0 Å². The summed E-state index contributed by atoms with van der Waals surface area (Å²) in [6.45, 7) is 2.11. The Morgan fingerprint density at radius 1 is 0.812 bits per heavy atom. The van der Waals surface area contributed by atoms with Gasteiger partial charge in [0.2, 0.25) is 0 Å². The van der Waals surface area contributed by atoms with Crippen molar-refractivity contribution in [3.63, 3.8) is 0 Å². The number of hydrogen-bond donors (Lipinski definition) is 0. The van der Waals surface area contributed by atoms with Gasteiger partial charge in [0.05, 0.1) is 5.52 Å². The molecule has 0 aliphatic carbocycles. The van der Waals surface area contributed by atoms with Gasteiger partial charge in [0.15, 0.2) is 0 Å². The molecule has 0 saturated heterocycles. The number of hydrogen-bond acceptors (Lipinski definition) is 0. The molecule has 78 valence electrons. The maximum absolute atomic E-state index is 2.18. The molecule has 0 spiro atoms. The summed E-state index contributed by atoms with van der Waals surface area (Å²) < 4.78 is 2.15. The van der Waals surface area contributed by atoms with Gasteiger partial charge in [-0.2, -0.15) is 0 Å². The molecule has 0 aliphatic heterocycles. The molecule has 0 bridgehead atoms. The molecule has 0 amide bonds. The van der Waals surface area contributed by atoms with Gasteiger partial charge in [0.25, 0.3) is 0 Å². The van der Waals surface area contributed by atoms with Gasteiger partial charge < -0.3 is 4.40 Å². The summed E-state index contributed by atoms with van der Waals surface area (Å²) >= 11 is 0. The highest BCUT2D eigenvalue weighted by molar-refractivity contribution is 5.80. The van der Waals surface area contributed by atoms with Crippen LogP contribution in [-0.2, 0) is 0 Å². The first kappa shape index (κ1) is 9.22. The number of fused-ring (bicyclic) bond motifs is 1. The fraction of sp³-hybridized carbons (Fsp3) is 0.0667. The Labute approximate surface area is 95.0 Å². The second kappa shape index (κ2) is 3.53. The highest BCUT2D eigenvalue weighted by Crippen LogP contribution is 2.25. The van der Waals surface area contributed by atoms with Gasteiger partial charge in [-0.05, 0) is 30.7 Å². The van der Waals surface area contributed by atoms with Gasteiger partial charge >= 0.3 is 0 Å². The van der Waals surface area contributed by atoms with Crippen molar-refractivity contribution in [2.75, 3.05) is 0 Å². The number of aryl methyl sites for hydroxylation is 1. The quantitative estimate of drug-likeness (QED) is 0.569. The number of rotatable bonds is 1. The monoisotopic (exact) mass is 207 g/mol. The lowest BCUT2D eigenvalue weighted by atomic mass is 10.1. The second-order valence-electron chi connectivity index (χ2n) is 4.09. The Balaban J connectivity index is 2.22. The molecular formula is C15H13N. The second-order valence-corrected chi connectivity index (χ2v) is 4.09. The van der Waals surface area contributed by atoms with Crippen molar-refractivity contribution in [2.24, 2.45) is 0 Å². The van der Waals surface area contributed by atoms with Crippen LogP contribution in [0.2, 0.25) is 0 Å². The molecule has 3 rings (SSSR count). The van der Waals surface area contributed by atoms with E-state index in [-0.39, 0.29) is 0 Å². The van der Waals surface area contributed by atoms with E-state index in [0.717, 1.165) is 0 Å². The SMILES string of the molecule is Cc1ccc(-c2ccn3ccccc23)cc1. The van der Waals surface area contributed by atoms with E-state index in [4.69, 9.17) is 0 Å². The highest BCUT2D eigenvalue weighted by atomic mass is 14.8. The molecule has 1 heteroatoms. The average Bonchev–Trinajstić information content (AvgIpc) is 2.74. The summed E-state index contributed by atoms with van der Waals surface area (Å²) in [6, 6.07) is 17.1. The summed E-state index contributed by atoms with van der Waals surface area (Å²) in [5.41, 5.74) is 5.12. The Hall–Kier alpha value is -2.02. The minimum absolute atomic E-state index is 1.26. The maximum Gasteiger partial charge on any atom is 0.0528 e. The number of nitrogens with zero attached hydrogens (tertiary/aromatic N) is 1. The highest BCUT2D eigenvalue weighted by Gasteiger charge is 2.03. The molecule has 0 aliphatic rings. The minimum atomic E-state index is 1.26. The largest absolute Gasteiger partial charge is 0.323 e. The van der Waals surface area contributed by atoms with Crippen molar-refractivity contribution >= 4 is 5.52 Å². The fourth-order valence-electron chi connectivity index (χ4n) is 2.03. The van der Waals surface area contributed by atoms with Crippen molar-refractivity contribution < 1.29 is 0 Å². The Kier molecular flexibility index (Phi) is 2.03. The van der Waals surface area contributed by atoms with Crippen molar-refractivity contribution in [1.82, 2.24) is 4.40 Å². The van der Waals surface area contributed by atoms with Crippen LogP contribution in [0.25, 0.3) is 16.6 Å². The van der Waals surface area contributed by atoms with E-state index >= 15 is 0 Å². The van der Waals surface area contributed by atoms with Crippen molar-refractivity contribution in [2.45, 2.75) is 6.92 Å². The van der Waals surface area contributed by atoms with Crippen LogP contribution in [0.15, 0.2) is 60.9 Å². The third-order valence-electron chi connectivity index (χ3n) is 2.93. The van der Waals surface area contributed by atoms with Crippen LogP contribution in [0.1, 0.15) is 5.56 Å². The molecule has 0 N–H and O–H groups in total. The molecule has 0 radical (unpaired) electrons. The molecule has 16 heavy (non-hydrogen) atoms. The number of pyridine rings is 1. The summed E-state index contributed by atoms with van der Waals surface area (Å²) in [5, 5.41) is 0. The summed E-state index contributed by atoms with van der Waals surface area (Å²) in [7, 11) is 0. The van der Waals surface area contributed by atoms with Gasteiger partial charge in [0.1, 0.15) is 0 Å². The van der Waals surface area contributed by atoms with Gasteiger partial charge in [-0.15, -0.1) is 0 Å². The van der Waals surface area contributed by atoms with Crippen molar-refractivity contribution in [1.29, 1.82) is 0 Å². The van der Waals surface area contributed by atoms with Crippen molar-refractivity contribution in [3.8, 4) is 11.1 Å². The summed E-state index contributed by atoms with van der Waals surface area (Å²) in [5.74, 6) is 0. The smallest absolute Gasteiger partial charge is 0.0528 e. The Bertz CT molecular complexity index is 617. The zero-order valence-electron chi connectivity index (χ0n) is 9.22. The normalized spacial score (nSPS) is 10.8. The van der Waals surface area contributed by atoms with E-state index in [1.165, 1.54) is 22.2 Å². The van der Waals surface area contributed by atoms with E-state index in [2.05, 4.69) is 66.2 Å². The van der Waals surface area contributed by atoms with Crippen LogP contribution >= 0.6 is 0 Å². The van der Waals surface area contributed by atoms with E-state index in [0.29, 0.717) is 0 Å². The first-order valence-electron chi connectivity index (χ1n) is 5.47. The van der Waals surface area contributed by atoms with Crippen molar-refractivity contribution in [3.05, 3.63) is 66.5 Å². The number of benzene rings is 1. The lowest BCUT2D eigenvalue weighted by Crippen LogP contribution is -1.81. The Morgan fingerprint density at radius 3 is 2.44 bits per heavy atom. The lowest BCUT2D eigenvalue weighted by molar-refractivity contribution is 1.20. The van der Waals surface area contributed by atoms with Crippen LogP contribution < -0.4 is 0 Å². The third-order valence-corrected chi connectivity index (χ3v) is 2.93. The zero-order valence-corrected chi connectivity index (χ0v) is 9.22. The standard InChI is InChI=1S/C15H13N/c1-12-5-7-13(8-6-12)14-9-11-16-10-3-2-4-15(14)16/h2-11H,1H3. The van der Waals surface area contributed by atoms with E-state index in [1.807, 2.05) is 6.07 Å². The molecule has 0 fully saturated rings. The zero-order chi connectivity index (χ0) is 11.0. The molecule has 0 unspecified atom stereocenters. The molecule has 1 nitrogen and oxygen atoms in total. The van der Waals surface area contributed by atoms with Gasteiger partial charge in [-0.25, -0.2) is 0 Å². The van der Waals surface area contributed by atoms with E-state index < -0.39 is 0 Å². The molecule has 2 aromatic heterocycles. The molecule has 0 atom stereocenters. The summed E-state index contributed by atoms with van der Waals surface area (Å²) in [4.78, 5) is 0. The molecule has 1 aromatic carbocycles. The average molecular weight is 207 g/mol. The predicted molar refractivity (Wildman–Crippen MR) is 67.6 cm³/mol. The maximum atomic E-state index is 2.18. The van der Waals surface area contributed by atoms with Crippen LogP contribution in [-0.4, -0.2) is 4.40 Å². The first-order chi connectivity index (χ1) is 7.84. The Morgan fingerprint density at radius 2 is 1.62 bits per heavy atom. The molecule has 2 heterocycles. The van der Waals surface area contributed by atoms with Crippen LogP contribution in [0.5, 0.6) is 0 Å². The minimum Gasteiger partial charge on any atom is -0.323 e. The molecule has 3 aromatic rings.